The maximum Gasteiger partial charge on any atom is 0.240 e. The molecule has 0 bridgehead atoms. The standard InChI is InChI=1S/C14H23N3O2/c1-9(2)5-13-15-14(19-16-13)8-17-6-10-3-4-12(18)11(10)7-17/h9-12,18H,3-8H2,1-2H3. The minimum atomic E-state index is -0.103. The van der Waals surface area contributed by atoms with Crippen molar-refractivity contribution in [2.45, 2.75) is 45.8 Å². The molecule has 3 atom stereocenters. The van der Waals surface area contributed by atoms with Gasteiger partial charge in [-0.3, -0.25) is 4.90 Å². The number of nitrogens with zero attached hydrogens (tertiary/aromatic N) is 3. The van der Waals surface area contributed by atoms with Crippen LogP contribution in [0, 0.1) is 17.8 Å². The molecular weight excluding hydrogens is 242 g/mol. The second-order valence-electron chi connectivity index (χ2n) is 6.47. The Morgan fingerprint density at radius 3 is 2.95 bits per heavy atom. The van der Waals surface area contributed by atoms with Crippen molar-refractivity contribution < 1.29 is 9.63 Å². The van der Waals surface area contributed by atoms with Gasteiger partial charge in [-0.25, -0.2) is 0 Å². The lowest BCUT2D eigenvalue weighted by Crippen LogP contribution is -2.24. The van der Waals surface area contributed by atoms with Gasteiger partial charge in [0.2, 0.25) is 5.89 Å². The highest BCUT2D eigenvalue weighted by atomic mass is 16.5. The van der Waals surface area contributed by atoms with E-state index in [4.69, 9.17) is 4.52 Å². The van der Waals surface area contributed by atoms with Crippen molar-refractivity contribution in [3.05, 3.63) is 11.7 Å². The van der Waals surface area contributed by atoms with Crippen molar-refractivity contribution >= 4 is 0 Å². The van der Waals surface area contributed by atoms with Gasteiger partial charge in [-0.1, -0.05) is 19.0 Å². The summed E-state index contributed by atoms with van der Waals surface area (Å²) in [6, 6.07) is 0. The van der Waals surface area contributed by atoms with E-state index in [1.165, 1.54) is 0 Å². The first-order valence-corrected chi connectivity index (χ1v) is 7.33. The normalized spacial score (nSPS) is 31.3. The van der Waals surface area contributed by atoms with Gasteiger partial charge in [-0.2, -0.15) is 4.98 Å². The van der Waals surface area contributed by atoms with Gasteiger partial charge in [0, 0.05) is 25.4 Å². The van der Waals surface area contributed by atoms with Crippen LogP contribution >= 0.6 is 0 Å². The molecule has 1 aliphatic carbocycles. The van der Waals surface area contributed by atoms with E-state index in [9.17, 15) is 5.11 Å². The van der Waals surface area contributed by atoms with Gasteiger partial charge in [0.1, 0.15) is 0 Å². The summed E-state index contributed by atoms with van der Waals surface area (Å²) >= 11 is 0. The number of fused-ring (bicyclic) bond motifs is 1. The molecular formula is C14H23N3O2. The summed E-state index contributed by atoms with van der Waals surface area (Å²) in [5.41, 5.74) is 0. The predicted molar refractivity (Wildman–Crippen MR) is 70.3 cm³/mol. The van der Waals surface area contributed by atoms with E-state index in [0.29, 0.717) is 23.6 Å². The highest BCUT2D eigenvalue weighted by Crippen LogP contribution is 2.38. The topological polar surface area (TPSA) is 62.4 Å². The number of aliphatic hydroxyl groups is 1. The third kappa shape index (κ3) is 2.82. The second-order valence-corrected chi connectivity index (χ2v) is 6.47. The molecule has 106 valence electrons. The molecule has 2 heterocycles. The number of likely N-dealkylation sites (tertiary alicyclic amines) is 1. The summed E-state index contributed by atoms with van der Waals surface area (Å²) < 4.78 is 5.31. The number of rotatable bonds is 4. The van der Waals surface area contributed by atoms with E-state index >= 15 is 0 Å². The molecule has 1 N–H and O–H groups in total. The van der Waals surface area contributed by atoms with E-state index in [0.717, 1.165) is 44.7 Å². The largest absolute Gasteiger partial charge is 0.393 e. The van der Waals surface area contributed by atoms with Gasteiger partial charge in [0.25, 0.3) is 0 Å². The molecule has 1 saturated carbocycles. The molecule has 5 nitrogen and oxygen atoms in total. The second kappa shape index (κ2) is 5.21. The first-order chi connectivity index (χ1) is 9.11. The van der Waals surface area contributed by atoms with Gasteiger partial charge >= 0.3 is 0 Å². The lowest BCUT2D eigenvalue weighted by molar-refractivity contribution is 0.122. The predicted octanol–water partition coefficient (Wildman–Crippen LogP) is 1.47. The third-order valence-corrected chi connectivity index (χ3v) is 4.35. The third-order valence-electron chi connectivity index (χ3n) is 4.35. The van der Waals surface area contributed by atoms with Crippen LogP contribution < -0.4 is 0 Å². The molecule has 1 aliphatic heterocycles. The fraction of sp³-hybridized carbons (Fsp3) is 0.857. The Hall–Kier alpha value is -0.940. The van der Waals surface area contributed by atoms with Crippen LogP contribution in [0.3, 0.4) is 0 Å². The summed E-state index contributed by atoms with van der Waals surface area (Å²) in [7, 11) is 0. The average molecular weight is 265 g/mol. The van der Waals surface area contributed by atoms with Gasteiger partial charge in [-0.05, 0) is 24.7 Å². The lowest BCUT2D eigenvalue weighted by atomic mass is 10.00. The van der Waals surface area contributed by atoms with Crippen LogP contribution in [0.15, 0.2) is 4.52 Å². The lowest BCUT2D eigenvalue weighted by Gasteiger charge is -2.15. The van der Waals surface area contributed by atoms with E-state index in [1.54, 1.807) is 0 Å². The molecule has 19 heavy (non-hydrogen) atoms. The molecule has 0 spiro atoms. The van der Waals surface area contributed by atoms with Crippen LogP contribution in [0.1, 0.15) is 38.4 Å². The van der Waals surface area contributed by atoms with Crippen LogP contribution in [-0.4, -0.2) is 39.3 Å². The molecule has 1 aromatic rings. The first-order valence-electron chi connectivity index (χ1n) is 7.33. The van der Waals surface area contributed by atoms with Crippen molar-refractivity contribution in [3.63, 3.8) is 0 Å². The molecule has 2 fully saturated rings. The highest BCUT2D eigenvalue weighted by molar-refractivity contribution is 4.95. The minimum absolute atomic E-state index is 0.103. The Kier molecular flexibility index (Phi) is 3.58. The van der Waals surface area contributed by atoms with Crippen LogP contribution in [0.5, 0.6) is 0 Å². The van der Waals surface area contributed by atoms with Gasteiger partial charge < -0.3 is 9.63 Å². The fourth-order valence-corrected chi connectivity index (χ4v) is 3.45. The molecule has 5 heteroatoms. The molecule has 3 rings (SSSR count). The summed E-state index contributed by atoms with van der Waals surface area (Å²) in [5.74, 6) is 3.19. The maximum atomic E-state index is 9.91. The van der Waals surface area contributed by atoms with Crippen LogP contribution in [0.25, 0.3) is 0 Å². The summed E-state index contributed by atoms with van der Waals surface area (Å²) in [4.78, 5) is 6.78. The zero-order valence-electron chi connectivity index (χ0n) is 11.7. The van der Waals surface area contributed by atoms with Crippen molar-refractivity contribution in [2.75, 3.05) is 13.1 Å². The van der Waals surface area contributed by atoms with Gasteiger partial charge in [0.15, 0.2) is 5.82 Å². The Morgan fingerprint density at radius 1 is 1.37 bits per heavy atom. The average Bonchev–Trinajstić information content (AvgIpc) is 2.99. The van der Waals surface area contributed by atoms with Crippen LogP contribution in [0.2, 0.25) is 0 Å². The maximum absolute atomic E-state index is 9.91. The molecule has 1 aromatic heterocycles. The fourth-order valence-electron chi connectivity index (χ4n) is 3.45. The summed E-state index contributed by atoms with van der Waals surface area (Å²) in [5, 5.41) is 13.9. The SMILES string of the molecule is CC(C)Cc1noc(CN2CC3CCC(O)C3C2)n1. The molecule has 2 aliphatic rings. The molecule has 3 unspecified atom stereocenters. The number of aromatic nitrogens is 2. The Morgan fingerprint density at radius 2 is 2.21 bits per heavy atom. The zero-order valence-corrected chi connectivity index (χ0v) is 11.7. The Labute approximate surface area is 114 Å². The van der Waals surface area contributed by atoms with E-state index in [2.05, 4.69) is 28.9 Å². The molecule has 0 radical (unpaired) electrons. The van der Waals surface area contributed by atoms with Crippen LogP contribution in [-0.2, 0) is 13.0 Å². The van der Waals surface area contributed by atoms with E-state index < -0.39 is 0 Å². The molecule has 0 aromatic carbocycles. The quantitative estimate of drug-likeness (QED) is 0.893. The monoisotopic (exact) mass is 265 g/mol. The van der Waals surface area contributed by atoms with Crippen LogP contribution in [0.4, 0.5) is 0 Å². The van der Waals surface area contributed by atoms with Crippen molar-refractivity contribution in [2.24, 2.45) is 17.8 Å². The smallest absolute Gasteiger partial charge is 0.240 e. The number of aliphatic hydroxyl groups excluding tert-OH is 1. The minimum Gasteiger partial charge on any atom is -0.393 e. The van der Waals surface area contributed by atoms with E-state index in [-0.39, 0.29) is 6.10 Å². The van der Waals surface area contributed by atoms with Crippen molar-refractivity contribution in [3.8, 4) is 0 Å². The van der Waals surface area contributed by atoms with E-state index in [1.807, 2.05) is 0 Å². The van der Waals surface area contributed by atoms with Gasteiger partial charge in [-0.15, -0.1) is 0 Å². The molecule has 1 saturated heterocycles. The first kappa shape index (κ1) is 13.1. The Balaban J connectivity index is 1.56. The van der Waals surface area contributed by atoms with Crippen molar-refractivity contribution in [1.82, 2.24) is 15.0 Å². The summed E-state index contributed by atoms with van der Waals surface area (Å²) in [6.45, 7) is 7.06. The summed E-state index contributed by atoms with van der Waals surface area (Å²) in [6.07, 6.45) is 2.90. The Bertz CT molecular complexity index is 432. The zero-order chi connectivity index (χ0) is 13.4. The van der Waals surface area contributed by atoms with Gasteiger partial charge in [0.05, 0.1) is 12.6 Å². The number of hydrogen-bond donors (Lipinski definition) is 1. The highest BCUT2D eigenvalue weighted by Gasteiger charge is 2.41. The molecule has 0 amide bonds. The van der Waals surface area contributed by atoms with Crippen molar-refractivity contribution in [1.29, 1.82) is 0 Å². The number of hydrogen-bond acceptors (Lipinski definition) is 5.